The van der Waals surface area contributed by atoms with Crippen molar-refractivity contribution >= 4 is 17.0 Å². The fourth-order valence-corrected chi connectivity index (χ4v) is 2.22. The first-order valence-corrected chi connectivity index (χ1v) is 6.74. The Kier molecular flexibility index (Phi) is 3.50. The van der Waals surface area contributed by atoms with Crippen molar-refractivity contribution in [1.82, 2.24) is 15.0 Å². The van der Waals surface area contributed by atoms with Gasteiger partial charge in [-0.3, -0.25) is 4.98 Å². The lowest BCUT2D eigenvalue weighted by Crippen LogP contribution is -2.36. The van der Waals surface area contributed by atoms with Crippen molar-refractivity contribution in [2.45, 2.75) is 12.5 Å². The summed E-state index contributed by atoms with van der Waals surface area (Å²) in [6.45, 7) is 1.89. The molecule has 21 heavy (non-hydrogen) atoms. The zero-order chi connectivity index (χ0) is 14.7. The number of nitrogens with zero attached hydrogens (tertiary/aromatic N) is 3. The molecule has 0 aliphatic carbocycles. The van der Waals surface area contributed by atoms with Crippen LogP contribution in [0.25, 0.3) is 11.2 Å². The maximum absolute atomic E-state index is 9.80. The summed E-state index contributed by atoms with van der Waals surface area (Å²) in [6, 6.07) is 13.5. The van der Waals surface area contributed by atoms with Crippen molar-refractivity contribution < 1.29 is 5.11 Å². The average molecular weight is 280 g/mol. The van der Waals surface area contributed by atoms with Gasteiger partial charge in [0.1, 0.15) is 11.3 Å². The van der Waals surface area contributed by atoms with Crippen molar-refractivity contribution in [1.29, 1.82) is 0 Å². The molecule has 0 radical (unpaired) electrons. The number of aliphatic hydroxyl groups excluding tert-OH is 1. The van der Waals surface area contributed by atoms with Gasteiger partial charge in [-0.1, -0.05) is 30.3 Å². The molecule has 2 aromatic heterocycles. The quantitative estimate of drug-likeness (QED) is 0.767. The van der Waals surface area contributed by atoms with Crippen LogP contribution in [0.2, 0.25) is 0 Å². The molecule has 0 aliphatic heterocycles. The van der Waals surface area contributed by atoms with Crippen LogP contribution < -0.4 is 5.32 Å². The van der Waals surface area contributed by atoms with Crippen LogP contribution in [0.15, 0.2) is 54.9 Å². The summed E-state index contributed by atoms with van der Waals surface area (Å²) in [6.07, 6.45) is 3.25. The molecule has 0 bridgehead atoms. The Balaban J connectivity index is 1.95. The molecule has 0 saturated carbocycles. The van der Waals surface area contributed by atoms with E-state index >= 15 is 0 Å². The molecule has 1 unspecified atom stereocenters. The van der Waals surface area contributed by atoms with Crippen molar-refractivity contribution in [3.8, 4) is 0 Å². The molecular formula is C16H16N4O. The Bertz CT molecular complexity index is 747. The third-order valence-electron chi connectivity index (χ3n) is 3.46. The molecule has 5 heteroatoms. The van der Waals surface area contributed by atoms with E-state index < -0.39 is 5.54 Å². The second kappa shape index (κ2) is 5.46. The van der Waals surface area contributed by atoms with E-state index in [9.17, 15) is 5.11 Å². The monoisotopic (exact) mass is 280 g/mol. The van der Waals surface area contributed by atoms with Crippen LogP contribution in [0, 0.1) is 0 Å². The first-order valence-electron chi connectivity index (χ1n) is 6.74. The van der Waals surface area contributed by atoms with Crippen molar-refractivity contribution in [3.63, 3.8) is 0 Å². The van der Waals surface area contributed by atoms with Crippen LogP contribution in [0.5, 0.6) is 0 Å². The molecule has 1 atom stereocenters. The zero-order valence-corrected chi connectivity index (χ0v) is 11.7. The lowest BCUT2D eigenvalue weighted by atomic mass is 9.93. The van der Waals surface area contributed by atoms with Gasteiger partial charge >= 0.3 is 0 Å². The number of rotatable bonds is 4. The number of aliphatic hydroxyl groups is 1. The zero-order valence-electron chi connectivity index (χ0n) is 11.7. The molecule has 0 saturated heterocycles. The summed E-state index contributed by atoms with van der Waals surface area (Å²) in [7, 11) is 0. The van der Waals surface area contributed by atoms with E-state index in [4.69, 9.17) is 0 Å². The van der Waals surface area contributed by atoms with Gasteiger partial charge in [-0.25, -0.2) is 9.97 Å². The van der Waals surface area contributed by atoms with Crippen LogP contribution in [-0.2, 0) is 5.54 Å². The second-order valence-corrected chi connectivity index (χ2v) is 5.08. The molecule has 0 spiro atoms. The highest BCUT2D eigenvalue weighted by molar-refractivity contribution is 5.71. The number of benzene rings is 1. The predicted octanol–water partition coefficient (Wildman–Crippen LogP) is 2.34. The summed E-state index contributed by atoms with van der Waals surface area (Å²) in [5, 5.41) is 13.1. The highest BCUT2D eigenvalue weighted by Gasteiger charge is 2.25. The predicted molar refractivity (Wildman–Crippen MR) is 81.8 cm³/mol. The highest BCUT2D eigenvalue weighted by atomic mass is 16.3. The Morgan fingerprint density at radius 2 is 1.81 bits per heavy atom. The van der Waals surface area contributed by atoms with Crippen LogP contribution in [0.1, 0.15) is 12.5 Å². The fourth-order valence-electron chi connectivity index (χ4n) is 2.22. The summed E-state index contributed by atoms with van der Waals surface area (Å²) in [4.78, 5) is 12.8. The summed E-state index contributed by atoms with van der Waals surface area (Å²) < 4.78 is 0. The normalized spacial score (nSPS) is 13.8. The minimum atomic E-state index is -0.607. The molecule has 106 valence electrons. The Labute approximate surface area is 122 Å². The Morgan fingerprint density at radius 3 is 2.57 bits per heavy atom. The molecule has 3 aromatic rings. The molecule has 0 aliphatic rings. The third kappa shape index (κ3) is 2.68. The van der Waals surface area contributed by atoms with Gasteiger partial charge in [0.05, 0.1) is 12.1 Å². The lowest BCUT2D eigenvalue weighted by Gasteiger charge is -2.30. The number of pyridine rings is 1. The van der Waals surface area contributed by atoms with E-state index in [1.165, 1.54) is 0 Å². The minimum Gasteiger partial charge on any atom is -0.394 e. The van der Waals surface area contributed by atoms with Crippen LogP contribution >= 0.6 is 0 Å². The number of anilines is 1. The van der Waals surface area contributed by atoms with Gasteiger partial charge in [0.15, 0.2) is 5.65 Å². The second-order valence-electron chi connectivity index (χ2n) is 5.08. The Morgan fingerprint density at radius 1 is 1.05 bits per heavy atom. The van der Waals surface area contributed by atoms with Gasteiger partial charge in [-0.05, 0) is 24.6 Å². The maximum Gasteiger partial charge on any atom is 0.180 e. The van der Waals surface area contributed by atoms with Crippen molar-refractivity contribution in [2.24, 2.45) is 0 Å². The van der Waals surface area contributed by atoms with Crippen LogP contribution in [0.4, 0.5) is 5.82 Å². The number of hydrogen-bond donors (Lipinski definition) is 2. The summed E-state index contributed by atoms with van der Waals surface area (Å²) in [5.41, 5.74) is 1.71. The molecule has 2 N–H and O–H groups in total. The average Bonchev–Trinajstić information content (AvgIpc) is 2.55. The number of nitrogens with one attached hydrogen (secondary N) is 1. The Hall–Kier alpha value is -2.53. The van der Waals surface area contributed by atoms with Gasteiger partial charge < -0.3 is 10.4 Å². The molecule has 2 heterocycles. The van der Waals surface area contributed by atoms with Gasteiger partial charge in [0, 0.05) is 12.4 Å². The molecule has 3 rings (SSSR count). The van der Waals surface area contributed by atoms with Crippen LogP contribution in [0.3, 0.4) is 0 Å². The number of fused-ring (bicyclic) bond motifs is 1. The molecule has 0 amide bonds. The van der Waals surface area contributed by atoms with E-state index in [0.717, 1.165) is 11.1 Å². The maximum atomic E-state index is 9.80. The first-order chi connectivity index (χ1) is 10.2. The van der Waals surface area contributed by atoms with Crippen molar-refractivity contribution in [2.75, 3.05) is 11.9 Å². The number of aromatic nitrogens is 3. The molecular weight excluding hydrogens is 264 g/mol. The van der Waals surface area contributed by atoms with Gasteiger partial charge in [0.25, 0.3) is 0 Å². The smallest absolute Gasteiger partial charge is 0.180 e. The van der Waals surface area contributed by atoms with E-state index in [2.05, 4.69) is 20.3 Å². The van der Waals surface area contributed by atoms with E-state index in [0.29, 0.717) is 11.5 Å². The van der Waals surface area contributed by atoms with Crippen LogP contribution in [-0.4, -0.2) is 26.7 Å². The van der Waals surface area contributed by atoms with E-state index in [-0.39, 0.29) is 6.61 Å². The standard InChI is InChI=1S/C16H16N4O/c1-16(11-21,12-5-3-2-4-6-12)20-14-8-7-13-15(19-14)18-10-9-17-13/h2-10,21H,11H2,1H3,(H,18,19,20). The van der Waals surface area contributed by atoms with E-state index in [1.807, 2.05) is 49.4 Å². The summed E-state index contributed by atoms with van der Waals surface area (Å²) >= 11 is 0. The molecule has 0 fully saturated rings. The van der Waals surface area contributed by atoms with Gasteiger partial charge in [-0.15, -0.1) is 0 Å². The SMILES string of the molecule is CC(CO)(Nc1ccc2nccnc2n1)c1ccccc1. The molecule has 1 aromatic carbocycles. The summed E-state index contributed by atoms with van der Waals surface area (Å²) in [5.74, 6) is 0.656. The first kappa shape index (κ1) is 13.5. The van der Waals surface area contributed by atoms with Gasteiger partial charge in [0.2, 0.25) is 0 Å². The number of hydrogen-bond acceptors (Lipinski definition) is 5. The van der Waals surface area contributed by atoms with Crippen molar-refractivity contribution in [3.05, 3.63) is 60.4 Å². The topological polar surface area (TPSA) is 70.9 Å². The molecule has 5 nitrogen and oxygen atoms in total. The fraction of sp³-hybridized carbons (Fsp3) is 0.188. The lowest BCUT2D eigenvalue weighted by molar-refractivity contribution is 0.223. The largest absolute Gasteiger partial charge is 0.394 e. The minimum absolute atomic E-state index is 0.0444. The highest BCUT2D eigenvalue weighted by Crippen LogP contribution is 2.25. The van der Waals surface area contributed by atoms with Gasteiger partial charge in [-0.2, -0.15) is 0 Å². The third-order valence-corrected chi connectivity index (χ3v) is 3.46. The van der Waals surface area contributed by atoms with E-state index in [1.54, 1.807) is 12.4 Å².